The van der Waals surface area contributed by atoms with E-state index in [0.717, 1.165) is 34.1 Å². The third-order valence-corrected chi connectivity index (χ3v) is 15.1. The van der Waals surface area contributed by atoms with Crippen molar-refractivity contribution in [2.45, 2.75) is 19.3 Å². The van der Waals surface area contributed by atoms with E-state index in [4.69, 9.17) is 0 Å². The molecule has 0 unspecified atom stereocenters. The Balaban J connectivity index is 0.872. The molecule has 0 atom stereocenters. The molecule has 12 aromatic rings. The summed E-state index contributed by atoms with van der Waals surface area (Å²) in [5.41, 5.74) is 21.3. The second-order valence-electron chi connectivity index (χ2n) is 19.7. The number of hydrogen-bond acceptors (Lipinski definition) is 2. The molecule has 0 saturated heterocycles. The van der Waals surface area contributed by atoms with Gasteiger partial charge in [-0.15, -0.1) is 0 Å². The SMILES string of the molecule is CC1(C)c2cc(N(c3ccc(-c4ccc(-c5ccccc5)cc4)cc3)c3cccc4ccccc34)ccc2-c2ccc(N(c3ccc(-c4ccc(-c5ccccc5)cc4)cc3)c3cccc4ccccc34)cc21. The van der Waals surface area contributed by atoms with Gasteiger partial charge in [-0.25, -0.2) is 0 Å². The number of anilines is 6. The Hall–Kier alpha value is -9.24. The Morgan fingerprint density at radius 2 is 0.534 bits per heavy atom. The van der Waals surface area contributed by atoms with Gasteiger partial charge in [0, 0.05) is 38.9 Å². The fraction of sp³-hybridized carbons (Fsp3) is 0.0423. The molecule has 2 nitrogen and oxygen atoms in total. The van der Waals surface area contributed by atoms with Crippen molar-refractivity contribution >= 4 is 55.7 Å². The molecule has 0 N–H and O–H groups in total. The average molecular weight is 933 g/mol. The molecule has 0 aliphatic heterocycles. The highest BCUT2D eigenvalue weighted by Crippen LogP contribution is 2.53. The number of hydrogen-bond donors (Lipinski definition) is 0. The molecular formula is C71H52N2. The van der Waals surface area contributed by atoms with E-state index in [1.165, 1.54) is 88.3 Å². The van der Waals surface area contributed by atoms with Crippen molar-refractivity contribution in [1.82, 2.24) is 0 Å². The van der Waals surface area contributed by atoms with Crippen LogP contribution in [0.25, 0.3) is 77.2 Å². The summed E-state index contributed by atoms with van der Waals surface area (Å²) in [6.07, 6.45) is 0. The fourth-order valence-electron chi connectivity index (χ4n) is 11.2. The summed E-state index contributed by atoms with van der Waals surface area (Å²) in [7, 11) is 0. The summed E-state index contributed by atoms with van der Waals surface area (Å²) >= 11 is 0. The smallest absolute Gasteiger partial charge is 0.0540 e. The van der Waals surface area contributed by atoms with Gasteiger partial charge in [0.05, 0.1) is 11.4 Å². The molecule has 1 aliphatic rings. The van der Waals surface area contributed by atoms with Crippen LogP contribution >= 0.6 is 0 Å². The lowest BCUT2D eigenvalue weighted by molar-refractivity contribution is 0.660. The van der Waals surface area contributed by atoms with Crippen molar-refractivity contribution < 1.29 is 0 Å². The van der Waals surface area contributed by atoms with Crippen molar-refractivity contribution in [3.63, 3.8) is 0 Å². The molecule has 73 heavy (non-hydrogen) atoms. The minimum Gasteiger partial charge on any atom is -0.310 e. The maximum atomic E-state index is 2.45. The van der Waals surface area contributed by atoms with Crippen LogP contribution in [-0.4, -0.2) is 0 Å². The number of rotatable bonds is 10. The van der Waals surface area contributed by atoms with Crippen LogP contribution in [0.1, 0.15) is 25.0 Å². The van der Waals surface area contributed by atoms with Gasteiger partial charge in [-0.1, -0.05) is 232 Å². The molecule has 0 aromatic heterocycles. The monoisotopic (exact) mass is 932 g/mol. The molecule has 0 fully saturated rings. The molecule has 13 rings (SSSR count). The summed E-state index contributed by atoms with van der Waals surface area (Å²) < 4.78 is 0. The second kappa shape index (κ2) is 18.2. The van der Waals surface area contributed by atoms with E-state index >= 15 is 0 Å². The zero-order valence-corrected chi connectivity index (χ0v) is 41.0. The van der Waals surface area contributed by atoms with Crippen LogP contribution in [-0.2, 0) is 5.41 Å². The molecule has 12 aromatic carbocycles. The predicted molar refractivity (Wildman–Crippen MR) is 310 cm³/mol. The minimum atomic E-state index is -0.295. The number of benzene rings is 12. The Morgan fingerprint density at radius 3 is 0.904 bits per heavy atom. The zero-order chi connectivity index (χ0) is 48.9. The molecule has 2 heteroatoms. The predicted octanol–water partition coefficient (Wildman–Crippen LogP) is 19.9. The Bertz CT molecular complexity index is 3680. The van der Waals surface area contributed by atoms with E-state index < -0.39 is 0 Å². The minimum absolute atomic E-state index is 0.295. The molecular weight excluding hydrogens is 881 g/mol. The molecule has 0 heterocycles. The summed E-state index contributed by atoms with van der Waals surface area (Å²) in [6, 6.07) is 102. The van der Waals surface area contributed by atoms with Crippen LogP contribution < -0.4 is 9.80 Å². The van der Waals surface area contributed by atoms with Crippen LogP contribution in [0.4, 0.5) is 34.1 Å². The average Bonchev–Trinajstić information content (AvgIpc) is 3.68. The highest BCUT2D eigenvalue weighted by molar-refractivity contribution is 6.01. The van der Waals surface area contributed by atoms with Crippen LogP contribution in [0.15, 0.2) is 279 Å². The lowest BCUT2D eigenvalue weighted by Gasteiger charge is -2.30. The second-order valence-corrected chi connectivity index (χ2v) is 19.7. The Morgan fingerprint density at radius 1 is 0.247 bits per heavy atom. The van der Waals surface area contributed by atoms with E-state index in [-0.39, 0.29) is 5.41 Å². The van der Waals surface area contributed by atoms with Crippen LogP contribution in [0.2, 0.25) is 0 Å². The van der Waals surface area contributed by atoms with E-state index in [0.29, 0.717) is 0 Å². The van der Waals surface area contributed by atoms with Gasteiger partial charge in [0.1, 0.15) is 0 Å². The van der Waals surface area contributed by atoms with Crippen molar-refractivity contribution in [3.8, 4) is 55.6 Å². The standard InChI is InChI=1S/C71H52N2/c1-71(2)67-47-61(72(69-25-13-21-57-19-9-11-23-63(57)69)59-39-35-55(36-40-59)53-31-27-51(28-32-53)49-15-5-3-6-16-49)43-45-65(67)66-46-44-62(48-68(66)71)73(70-26-14-22-58-20-10-12-24-64(58)70)60-41-37-56(38-42-60)54-33-29-52(30-34-54)50-17-7-4-8-18-50/h3-48H,1-2H3. The molecule has 0 spiro atoms. The lowest BCUT2D eigenvalue weighted by atomic mass is 9.82. The third kappa shape index (κ3) is 7.95. The highest BCUT2D eigenvalue weighted by Gasteiger charge is 2.37. The van der Waals surface area contributed by atoms with Crippen molar-refractivity contribution in [1.29, 1.82) is 0 Å². The first kappa shape index (κ1) is 43.8. The van der Waals surface area contributed by atoms with E-state index in [1.807, 2.05) is 0 Å². The first-order valence-electron chi connectivity index (χ1n) is 25.3. The number of fused-ring (bicyclic) bond motifs is 5. The summed E-state index contributed by atoms with van der Waals surface area (Å²) in [5.74, 6) is 0. The van der Waals surface area contributed by atoms with Crippen LogP contribution in [0.3, 0.4) is 0 Å². The van der Waals surface area contributed by atoms with Gasteiger partial charge in [0.25, 0.3) is 0 Å². The van der Waals surface area contributed by atoms with Gasteiger partial charge in [-0.05, 0) is 138 Å². The molecule has 0 saturated carbocycles. The molecule has 346 valence electrons. The first-order valence-corrected chi connectivity index (χ1v) is 25.3. The summed E-state index contributed by atoms with van der Waals surface area (Å²) in [6.45, 7) is 4.79. The Labute approximate surface area is 428 Å². The van der Waals surface area contributed by atoms with Crippen molar-refractivity contribution in [2.24, 2.45) is 0 Å². The van der Waals surface area contributed by atoms with Gasteiger partial charge in [0.2, 0.25) is 0 Å². The van der Waals surface area contributed by atoms with E-state index in [2.05, 4.69) is 303 Å². The van der Waals surface area contributed by atoms with Crippen LogP contribution in [0.5, 0.6) is 0 Å². The molecule has 0 bridgehead atoms. The molecule has 0 amide bonds. The number of nitrogens with zero attached hydrogens (tertiary/aromatic N) is 2. The van der Waals surface area contributed by atoms with Gasteiger partial charge in [-0.2, -0.15) is 0 Å². The largest absolute Gasteiger partial charge is 0.310 e. The maximum Gasteiger partial charge on any atom is 0.0540 e. The van der Waals surface area contributed by atoms with Crippen molar-refractivity contribution in [3.05, 3.63) is 290 Å². The van der Waals surface area contributed by atoms with Gasteiger partial charge < -0.3 is 9.80 Å². The quantitative estimate of drug-likeness (QED) is 0.135. The fourth-order valence-corrected chi connectivity index (χ4v) is 11.2. The summed E-state index contributed by atoms with van der Waals surface area (Å²) in [4.78, 5) is 4.89. The molecule has 1 aliphatic carbocycles. The van der Waals surface area contributed by atoms with Gasteiger partial charge in [-0.3, -0.25) is 0 Å². The van der Waals surface area contributed by atoms with E-state index in [9.17, 15) is 0 Å². The maximum absolute atomic E-state index is 2.45. The Kier molecular flexibility index (Phi) is 10.9. The highest BCUT2D eigenvalue weighted by atomic mass is 15.1. The van der Waals surface area contributed by atoms with E-state index in [1.54, 1.807) is 0 Å². The van der Waals surface area contributed by atoms with Gasteiger partial charge >= 0.3 is 0 Å². The van der Waals surface area contributed by atoms with Gasteiger partial charge in [0.15, 0.2) is 0 Å². The molecule has 0 radical (unpaired) electrons. The lowest BCUT2D eigenvalue weighted by Crippen LogP contribution is -2.18. The van der Waals surface area contributed by atoms with Crippen molar-refractivity contribution in [2.75, 3.05) is 9.80 Å². The summed E-state index contributed by atoms with van der Waals surface area (Å²) in [5, 5.41) is 4.84. The topological polar surface area (TPSA) is 6.48 Å². The normalized spacial score (nSPS) is 12.4. The third-order valence-electron chi connectivity index (χ3n) is 15.1. The zero-order valence-electron chi connectivity index (χ0n) is 41.0. The van der Waals surface area contributed by atoms with Crippen LogP contribution in [0, 0.1) is 0 Å². The first-order chi connectivity index (χ1) is 35.9.